The zero-order chi connectivity index (χ0) is 17.0. The summed E-state index contributed by atoms with van der Waals surface area (Å²) in [4.78, 5) is 23.4. The molecule has 2 saturated carbocycles. The van der Waals surface area contributed by atoms with E-state index in [1.165, 1.54) is 64.2 Å². The van der Waals surface area contributed by atoms with Gasteiger partial charge < -0.3 is 9.47 Å². The number of carbonyl (C=O) groups is 2. The van der Waals surface area contributed by atoms with Crippen LogP contribution in [0.5, 0.6) is 0 Å². The predicted octanol–water partition coefficient (Wildman–Crippen LogP) is 4.79. The Hall–Kier alpha value is -1.06. The molecule has 0 heterocycles. The molecule has 0 aromatic heterocycles. The van der Waals surface area contributed by atoms with Crippen molar-refractivity contribution in [3.05, 3.63) is 0 Å². The highest BCUT2D eigenvalue weighted by Crippen LogP contribution is 2.26. The standard InChI is InChI=1S/C20H34O4/c21-19(23-15-14-17-8-3-1-4-9-17)12-7-13-20(22)24-16-18-10-5-2-6-11-18/h17-18H,1-16H2. The summed E-state index contributed by atoms with van der Waals surface area (Å²) in [6.07, 6.45) is 14.9. The van der Waals surface area contributed by atoms with Gasteiger partial charge in [-0.05, 0) is 37.5 Å². The van der Waals surface area contributed by atoms with Crippen LogP contribution in [0.25, 0.3) is 0 Å². The van der Waals surface area contributed by atoms with Crippen molar-refractivity contribution in [1.29, 1.82) is 0 Å². The Bertz CT molecular complexity index is 368. The minimum atomic E-state index is -0.175. The highest BCUT2D eigenvalue weighted by molar-refractivity contribution is 5.72. The van der Waals surface area contributed by atoms with Gasteiger partial charge >= 0.3 is 11.9 Å². The first-order valence-electron chi connectivity index (χ1n) is 10.1. The van der Waals surface area contributed by atoms with Crippen LogP contribution in [-0.4, -0.2) is 25.2 Å². The Labute approximate surface area is 146 Å². The fourth-order valence-electron chi connectivity index (χ4n) is 3.90. The van der Waals surface area contributed by atoms with E-state index in [0.717, 1.165) is 12.3 Å². The predicted molar refractivity (Wildman–Crippen MR) is 93.5 cm³/mol. The first kappa shape index (κ1) is 19.3. The van der Waals surface area contributed by atoms with E-state index in [1.54, 1.807) is 0 Å². The van der Waals surface area contributed by atoms with Gasteiger partial charge in [0.1, 0.15) is 0 Å². The van der Waals surface area contributed by atoms with Gasteiger partial charge in [0.05, 0.1) is 13.2 Å². The lowest BCUT2D eigenvalue weighted by molar-refractivity contribution is -0.146. The Kier molecular flexibility index (Phi) is 9.22. The van der Waals surface area contributed by atoms with Gasteiger partial charge in [-0.1, -0.05) is 51.4 Å². The van der Waals surface area contributed by atoms with Gasteiger partial charge in [-0.3, -0.25) is 9.59 Å². The van der Waals surface area contributed by atoms with Crippen LogP contribution in [0.1, 0.15) is 89.9 Å². The summed E-state index contributed by atoms with van der Waals surface area (Å²) in [5.74, 6) is 0.940. The van der Waals surface area contributed by atoms with Crippen molar-refractivity contribution >= 4 is 11.9 Å². The molecule has 0 saturated heterocycles. The molecule has 2 fully saturated rings. The number of hydrogen-bond donors (Lipinski definition) is 0. The summed E-state index contributed by atoms with van der Waals surface area (Å²) in [6.45, 7) is 1.10. The molecule has 138 valence electrons. The van der Waals surface area contributed by atoms with Crippen LogP contribution < -0.4 is 0 Å². The molecule has 4 nitrogen and oxygen atoms in total. The van der Waals surface area contributed by atoms with E-state index in [-0.39, 0.29) is 11.9 Å². The van der Waals surface area contributed by atoms with Crippen LogP contribution in [0.15, 0.2) is 0 Å². The highest BCUT2D eigenvalue weighted by atomic mass is 16.5. The van der Waals surface area contributed by atoms with Crippen LogP contribution in [-0.2, 0) is 19.1 Å². The average Bonchev–Trinajstić information content (AvgIpc) is 2.62. The van der Waals surface area contributed by atoms with Gasteiger partial charge in [0, 0.05) is 12.8 Å². The quantitative estimate of drug-likeness (QED) is 0.567. The van der Waals surface area contributed by atoms with Crippen molar-refractivity contribution in [2.45, 2.75) is 89.9 Å². The lowest BCUT2D eigenvalue weighted by Gasteiger charge is -2.21. The third kappa shape index (κ3) is 8.16. The Morgan fingerprint density at radius 3 is 1.88 bits per heavy atom. The van der Waals surface area contributed by atoms with Crippen LogP contribution in [0.3, 0.4) is 0 Å². The molecule has 0 radical (unpaired) electrons. The van der Waals surface area contributed by atoms with E-state index in [0.29, 0.717) is 38.4 Å². The molecule has 24 heavy (non-hydrogen) atoms. The zero-order valence-corrected chi connectivity index (χ0v) is 15.1. The minimum absolute atomic E-state index is 0.171. The van der Waals surface area contributed by atoms with Crippen molar-refractivity contribution in [3.8, 4) is 0 Å². The second-order valence-corrected chi connectivity index (χ2v) is 7.55. The third-order valence-corrected chi connectivity index (χ3v) is 5.48. The molecule has 0 atom stereocenters. The SMILES string of the molecule is O=C(CCCC(=O)OCC1CCCCC1)OCCC1CCCCC1. The molecule has 0 amide bonds. The molecule has 0 aliphatic heterocycles. The molecular weight excluding hydrogens is 304 g/mol. The second-order valence-electron chi connectivity index (χ2n) is 7.55. The van der Waals surface area contributed by atoms with Crippen LogP contribution in [0.2, 0.25) is 0 Å². The fourth-order valence-corrected chi connectivity index (χ4v) is 3.90. The molecule has 2 rings (SSSR count). The van der Waals surface area contributed by atoms with Gasteiger partial charge in [0.2, 0.25) is 0 Å². The van der Waals surface area contributed by atoms with E-state index in [4.69, 9.17) is 9.47 Å². The number of carbonyl (C=O) groups excluding carboxylic acids is 2. The van der Waals surface area contributed by atoms with E-state index < -0.39 is 0 Å². The topological polar surface area (TPSA) is 52.6 Å². The first-order valence-corrected chi connectivity index (χ1v) is 10.1. The smallest absolute Gasteiger partial charge is 0.305 e. The molecule has 0 spiro atoms. The number of hydrogen-bond acceptors (Lipinski definition) is 4. The molecule has 0 aromatic carbocycles. The Morgan fingerprint density at radius 1 is 0.708 bits per heavy atom. The molecule has 0 aromatic rings. The highest BCUT2D eigenvalue weighted by Gasteiger charge is 2.16. The fraction of sp³-hybridized carbons (Fsp3) is 0.900. The lowest BCUT2D eigenvalue weighted by Crippen LogP contribution is -2.17. The van der Waals surface area contributed by atoms with Gasteiger partial charge in [0.25, 0.3) is 0 Å². The van der Waals surface area contributed by atoms with Crippen molar-refractivity contribution in [1.82, 2.24) is 0 Å². The Morgan fingerprint density at radius 2 is 1.25 bits per heavy atom. The van der Waals surface area contributed by atoms with Crippen molar-refractivity contribution in [2.75, 3.05) is 13.2 Å². The molecule has 4 heteroatoms. The van der Waals surface area contributed by atoms with Crippen LogP contribution in [0, 0.1) is 11.8 Å². The largest absolute Gasteiger partial charge is 0.466 e. The Balaban J connectivity index is 1.43. The maximum Gasteiger partial charge on any atom is 0.305 e. The molecule has 2 aliphatic carbocycles. The van der Waals surface area contributed by atoms with Crippen LogP contribution in [0.4, 0.5) is 0 Å². The summed E-state index contributed by atoms with van der Waals surface area (Å²) >= 11 is 0. The molecule has 2 aliphatic rings. The number of esters is 2. The van der Waals surface area contributed by atoms with Crippen molar-refractivity contribution in [2.24, 2.45) is 11.8 Å². The maximum atomic E-state index is 11.7. The summed E-state index contributed by atoms with van der Waals surface area (Å²) < 4.78 is 10.6. The molecular formula is C20H34O4. The molecule has 0 bridgehead atoms. The average molecular weight is 338 g/mol. The monoisotopic (exact) mass is 338 g/mol. The van der Waals surface area contributed by atoms with Gasteiger partial charge in [-0.2, -0.15) is 0 Å². The lowest BCUT2D eigenvalue weighted by atomic mass is 9.87. The number of ether oxygens (including phenoxy) is 2. The second kappa shape index (κ2) is 11.5. The molecule has 0 N–H and O–H groups in total. The third-order valence-electron chi connectivity index (χ3n) is 5.48. The van der Waals surface area contributed by atoms with E-state index >= 15 is 0 Å². The normalized spacial score (nSPS) is 19.8. The van der Waals surface area contributed by atoms with Crippen molar-refractivity contribution < 1.29 is 19.1 Å². The van der Waals surface area contributed by atoms with E-state index in [2.05, 4.69) is 0 Å². The summed E-state index contributed by atoms with van der Waals surface area (Å²) in [5, 5.41) is 0. The summed E-state index contributed by atoms with van der Waals surface area (Å²) in [7, 11) is 0. The van der Waals surface area contributed by atoms with Crippen molar-refractivity contribution in [3.63, 3.8) is 0 Å². The van der Waals surface area contributed by atoms with Gasteiger partial charge in [-0.25, -0.2) is 0 Å². The first-order chi connectivity index (χ1) is 11.7. The van der Waals surface area contributed by atoms with E-state index in [9.17, 15) is 9.59 Å². The zero-order valence-electron chi connectivity index (χ0n) is 15.1. The van der Waals surface area contributed by atoms with Gasteiger partial charge in [-0.15, -0.1) is 0 Å². The summed E-state index contributed by atoms with van der Waals surface area (Å²) in [6, 6.07) is 0. The molecule has 0 unspecified atom stereocenters. The van der Waals surface area contributed by atoms with E-state index in [1.807, 2.05) is 0 Å². The minimum Gasteiger partial charge on any atom is -0.466 e. The maximum absolute atomic E-state index is 11.7. The number of rotatable bonds is 9. The van der Waals surface area contributed by atoms with Crippen LogP contribution >= 0.6 is 0 Å². The van der Waals surface area contributed by atoms with Gasteiger partial charge in [0.15, 0.2) is 0 Å². The summed E-state index contributed by atoms with van der Waals surface area (Å²) in [5.41, 5.74) is 0.